The normalized spacial score (nSPS) is 12.9. The standard InChI is InChI=1S/C19H26FN3O3S/c1-22(2)16-9-6-14(7-10-16)17(23(3)4)13-21-27(24,25)19-12-15(20)8-11-18(19)26-5/h6-12,17,21H,13H2,1-5H3/p+1/t17-/m0/s1. The number of methoxy groups -OCH3 is 1. The number of benzene rings is 2. The van der Waals surface area contributed by atoms with Gasteiger partial charge in [0.15, 0.2) is 0 Å². The van der Waals surface area contributed by atoms with Crippen molar-refractivity contribution in [3.8, 4) is 5.75 Å². The number of halogens is 1. The molecule has 27 heavy (non-hydrogen) atoms. The second kappa shape index (κ2) is 8.69. The monoisotopic (exact) mass is 396 g/mol. The van der Waals surface area contributed by atoms with Gasteiger partial charge in [0.2, 0.25) is 10.0 Å². The fraction of sp³-hybridized carbons (Fsp3) is 0.368. The van der Waals surface area contributed by atoms with Crippen LogP contribution in [0.3, 0.4) is 0 Å². The maximum atomic E-state index is 13.6. The summed E-state index contributed by atoms with van der Waals surface area (Å²) in [7, 11) is 5.28. The van der Waals surface area contributed by atoms with E-state index in [1.165, 1.54) is 13.2 Å². The molecule has 0 aromatic heterocycles. The van der Waals surface area contributed by atoms with Crippen LogP contribution in [0.1, 0.15) is 11.6 Å². The number of anilines is 1. The van der Waals surface area contributed by atoms with Crippen LogP contribution in [0.15, 0.2) is 47.4 Å². The van der Waals surface area contributed by atoms with Crippen LogP contribution >= 0.6 is 0 Å². The molecule has 6 nitrogen and oxygen atoms in total. The Morgan fingerprint density at radius 1 is 1.15 bits per heavy atom. The van der Waals surface area contributed by atoms with E-state index in [9.17, 15) is 12.8 Å². The molecule has 0 amide bonds. The lowest BCUT2D eigenvalue weighted by Gasteiger charge is -2.23. The van der Waals surface area contributed by atoms with E-state index >= 15 is 0 Å². The molecule has 2 aromatic carbocycles. The lowest BCUT2D eigenvalue weighted by Crippen LogP contribution is -3.07. The Bertz CT molecular complexity index is 868. The van der Waals surface area contributed by atoms with Gasteiger partial charge in [0, 0.05) is 25.3 Å². The van der Waals surface area contributed by atoms with Gasteiger partial charge in [-0.3, -0.25) is 0 Å². The molecule has 0 aliphatic rings. The largest absolute Gasteiger partial charge is 0.495 e. The van der Waals surface area contributed by atoms with Gasteiger partial charge in [-0.1, -0.05) is 12.1 Å². The van der Waals surface area contributed by atoms with Crippen LogP contribution in [-0.4, -0.2) is 50.3 Å². The third-order valence-corrected chi connectivity index (χ3v) is 5.85. The first-order valence-electron chi connectivity index (χ1n) is 8.56. The number of ether oxygens (including phenoxy) is 1. The lowest BCUT2D eigenvalue weighted by molar-refractivity contribution is -0.890. The van der Waals surface area contributed by atoms with Crippen LogP contribution in [0.2, 0.25) is 0 Å². The van der Waals surface area contributed by atoms with E-state index in [0.717, 1.165) is 28.3 Å². The van der Waals surface area contributed by atoms with E-state index in [1.807, 2.05) is 57.4 Å². The number of likely N-dealkylation sites (N-methyl/N-ethyl adjacent to an activating group) is 1. The maximum absolute atomic E-state index is 13.6. The lowest BCUT2D eigenvalue weighted by atomic mass is 10.1. The van der Waals surface area contributed by atoms with Crippen LogP contribution in [-0.2, 0) is 10.0 Å². The minimum absolute atomic E-state index is 0.101. The number of hydrogen-bond acceptors (Lipinski definition) is 4. The average molecular weight is 397 g/mol. The molecule has 2 aromatic rings. The van der Waals surface area contributed by atoms with Gasteiger partial charge in [-0.2, -0.15) is 0 Å². The first kappa shape index (κ1) is 21.1. The molecule has 2 rings (SSSR count). The molecular formula is C19H27FN3O3S+. The zero-order valence-corrected chi connectivity index (χ0v) is 17.1. The third kappa shape index (κ3) is 5.18. The zero-order chi connectivity index (χ0) is 20.2. The number of nitrogens with one attached hydrogen (secondary N) is 2. The predicted octanol–water partition coefficient (Wildman–Crippen LogP) is 1.06. The molecule has 0 fully saturated rings. The molecule has 0 unspecified atom stereocenters. The quantitative estimate of drug-likeness (QED) is 0.701. The first-order valence-corrected chi connectivity index (χ1v) is 10.0. The molecule has 0 saturated heterocycles. The van der Waals surface area contributed by atoms with Crippen LogP contribution in [0, 0.1) is 5.82 Å². The second-order valence-electron chi connectivity index (χ2n) is 6.76. The Morgan fingerprint density at radius 3 is 2.30 bits per heavy atom. The predicted molar refractivity (Wildman–Crippen MR) is 104 cm³/mol. The number of nitrogens with zero attached hydrogens (tertiary/aromatic N) is 1. The summed E-state index contributed by atoms with van der Waals surface area (Å²) in [5.74, 6) is -0.529. The van der Waals surface area contributed by atoms with E-state index in [1.54, 1.807) is 0 Å². The van der Waals surface area contributed by atoms with Gasteiger partial charge in [0.1, 0.15) is 22.5 Å². The summed E-state index contributed by atoms with van der Waals surface area (Å²) in [6, 6.07) is 11.3. The molecule has 0 saturated carbocycles. The highest BCUT2D eigenvalue weighted by Crippen LogP contribution is 2.24. The van der Waals surface area contributed by atoms with Crippen molar-refractivity contribution < 1.29 is 22.4 Å². The first-order chi connectivity index (χ1) is 12.7. The average Bonchev–Trinajstić information content (AvgIpc) is 2.62. The minimum Gasteiger partial charge on any atom is -0.495 e. The van der Waals surface area contributed by atoms with Crippen molar-refractivity contribution in [2.75, 3.05) is 46.7 Å². The summed E-state index contributed by atoms with van der Waals surface area (Å²) in [5.41, 5.74) is 2.07. The van der Waals surface area contributed by atoms with Crippen LogP contribution < -0.4 is 19.3 Å². The molecule has 1 atom stereocenters. The van der Waals surface area contributed by atoms with Crippen molar-refractivity contribution in [1.29, 1.82) is 0 Å². The molecule has 0 aliphatic carbocycles. The number of quaternary nitrogens is 1. The van der Waals surface area contributed by atoms with Gasteiger partial charge < -0.3 is 14.5 Å². The number of hydrogen-bond donors (Lipinski definition) is 2. The molecule has 0 heterocycles. The minimum atomic E-state index is -3.92. The summed E-state index contributed by atoms with van der Waals surface area (Å²) >= 11 is 0. The van der Waals surface area contributed by atoms with Crippen LogP contribution in [0.25, 0.3) is 0 Å². The van der Waals surface area contributed by atoms with E-state index in [0.29, 0.717) is 0 Å². The van der Waals surface area contributed by atoms with Crippen LogP contribution in [0.4, 0.5) is 10.1 Å². The molecule has 0 radical (unpaired) electrons. The van der Waals surface area contributed by atoms with Gasteiger partial charge in [-0.05, 0) is 30.3 Å². The summed E-state index contributed by atoms with van der Waals surface area (Å²) in [5, 5.41) is 0. The van der Waals surface area contributed by atoms with Crippen molar-refractivity contribution in [2.24, 2.45) is 0 Å². The summed E-state index contributed by atoms with van der Waals surface area (Å²) in [4.78, 5) is 2.86. The molecule has 0 aliphatic heterocycles. The zero-order valence-electron chi connectivity index (χ0n) is 16.3. The van der Waals surface area contributed by atoms with Crippen molar-refractivity contribution in [3.63, 3.8) is 0 Å². The molecule has 8 heteroatoms. The number of rotatable bonds is 8. The smallest absolute Gasteiger partial charge is 0.244 e. The fourth-order valence-corrected chi connectivity index (χ4v) is 4.02. The maximum Gasteiger partial charge on any atom is 0.244 e. The van der Waals surface area contributed by atoms with E-state index in [4.69, 9.17) is 4.74 Å². The topological polar surface area (TPSA) is 63.1 Å². The van der Waals surface area contributed by atoms with E-state index in [2.05, 4.69) is 4.72 Å². The Labute approximate surface area is 160 Å². The molecule has 0 spiro atoms. The van der Waals surface area contributed by atoms with Gasteiger partial charge >= 0.3 is 0 Å². The summed E-state index contributed by atoms with van der Waals surface area (Å²) in [6.07, 6.45) is 0. The van der Waals surface area contributed by atoms with Crippen molar-refractivity contribution in [3.05, 3.63) is 53.8 Å². The highest BCUT2D eigenvalue weighted by atomic mass is 32.2. The summed E-state index contributed by atoms with van der Waals surface area (Å²) in [6.45, 7) is 0.172. The van der Waals surface area contributed by atoms with Crippen molar-refractivity contribution in [2.45, 2.75) is 10.9 Å². The SMILES string of the molecule is COc1ccc(F)cc1S(=O)(=O)NC[C@@H](c1ccc(N(C)C)cc1)[NH+](C)C. The van der Waals surface area contributed by atoms with Gasteiger partial charge in [0.05, 0.1) is 27.7 Å². The van der Waals surface area contributed by atoms with E-state index in [-0.39, 0.29) is 23.2 Å². The third-order valence-electron chi connectivity index (χ3n) is 4.40. The van der Waals surface area contributed by atoms with Crippen LogP contribution in [0.5, 0.6) is 5.75 Å². The molecule has 0 bridgehead atoms. The van der Waals surface area contributed by atoms with Crippen molar-refractivity contribution in [1.82, 2.24) is 4.72 Å². The van der Waals surface area contributed by atoms with Crippen molar-refractivity contribution >= 4 is 15.7 Å². The Kier molecular flexibility index (Phi) is 6.80. The highest BCUT2D eigenvalue weighted by molar-refractivity contribution is 7.89. The van der Waals surface area contributed by atoms with Gasteiger partial charge in [-0.15, -0.1) is 0 Å². The Morgan fingerprint density at radius 2 is 1.78 bits per heavy atom. The molecule has 148 valence electrons. The Hall–Kier alpha value is -2.16. The summed E-state index contributed by atoms with van der Waals surface area (Å²) < 4.78 is 46.6. The Balaban J connectivity index is 2.24. The number of sulfonamides is 1. The molecule has 2 N–H and O–H groups in total. The molecular weight excluding hydrogens is 369 g/mol. The fourth-order valence-electron chi connectivity index (χ4n) is 2.79. The van der Waals surface area contributed by atoms with Gasteiger partial charge in [-0.25, -0.2) is 17.5 Å². The van der Waals surface area contributed by atoms with E-state index < -0.39 is 15.8 Å². The second-order valence-corrected chi connectivity index (χ2v) is 8.50. The highest BCUT2D eigenvalue weighted by Gasteiger charge is 2.25. The van der Waals surface area contributed by atoms with Gasteiger partial charge in [0.25, 0.3) is 0 Å².